The van der Waals surface area contributed by atoms with Crippen LogP contribution in [0.1, 0.15) is 192 Å². The fraction of sp³-hybridized carbons (Fsp3) is 0.577. The van der Waals surface area contributed by atoms with Gasteiger partial charge in [-0.25, -0.2) is 0 Å². The predicted octanol–water partition coefficient (Wildman–Crippen LogP) is 17.4. The molecule has 0 amide bonds. The summed E-state index contributed by atoms with van der Waals surface area (Å²) < 4.78 is 0. The van der Waals surface area contributed by atoms with E-state index in [4.69, 9.17) is 0 Å². The van der Waals surface area contributed by atoms with Crippen molar-refractivity contribution < 1.29 is 0 Å². The molecule has 2 heteroatoms. The van der Waals surface area contributed by atoms with Gasteiger partial charge in [-0.3, -0.25) is 0 Å². The Bertz CT molecular complexity index is 1830. The van der Waals surface area contributed by atoms with E-state index in [9.17, 15) is 0 Å². The highest BCUT2D eigenvalue weighted by Gasteiger charge is 2.12. The van der Waals surface area contributed by atoms with Crippen LogP contribution < -0.4 is 0 Å². The van der Waals surface area contributed by atoms with Gasteiger partial charge in [0.2, 0.25) is 0 Å². The molecule has 6 aromatic rings. The van der Waals surface area contributed by atoms with Gasteiger partial charge in [-0.05, 0) is 82.3 Å². The smallest absolute Gasteiger partial charge is 0.0462 e. The van der Waals surface area contributed by atoms with Crippen molar-refractivity contribution in [1.29, 1.82) is 0 Å². The zero-order chi connectivity index (χ0) is 37.2. The zero-order valence-electron chi connectivity index (χ0n) is 34.6. The van der Waals surface area contributed by atoms with Crippen LogP contribution in [-0.2, 0) is 12.8 Å². The molecule has 0 fully saturated rings. The number of hydrogen-bond donors (Lipinski definition) is 2. The maximum absolute atomic E-state index is 3.77. The van der Waals surface area contributed by atoms with Crippen molar-refractivity contribution in [1.82, 2.24) is 9.97 Å². The van der Waals surface area contributed by atoms with E-state index in [1.54, 1.807) is 0 Å². The van der Waals surface area contributed by atoms with Crippen LogP contribution in [0, 0.1) is 0 Å². The number of H-pyrrole nitrogens is 2. The maximum Gasteiger partial charge on any atom is 0.0462 e. The molecule has 0 aliphatic heterocycles. The van der Waals surface area contributed by atoms with Crippen LogP contribution in [0.4, 0.5) is 0 Å². The highest BCUT2D eigenvalue weighted by molar-refractivity contribution is 6.24. The highest BCUT2D eigenvalue weighted by Crippen LogP contribution is 2.37. The second-order valence-corrected chi connectivity index (χ2v) is 17.0. The minimum Gasteiger partial charge on any atom is -0.358 e. The van der Waals surface area contributed by atoms with Crippen LogP contribution >= 0.6 is 0 Å². The van der Waals surface area contributed by atoms with Gasteiger partial charge in [0.25, 0.3) is 0 Å². The highest BCUT2D eigenvalue weighted by atomic mass is 14.7. The van der Waals surface area contributed by atoms with Crippen LogP contribution in [0.3, 0.4) is 0 Å². The third-order valence-corrected chi connectivity index (χ3v) is 12.6. The van der Waals surface area contributed by atoms with Crippen molar-refractivity contribution in [2.24, 2.45) is 0 Å². The lowest BCUT2D eigenvalue weighted by Gasteiger charge is -2.09. The summed E-state index contributed by atoms with van der Waals surface area (Å²) in [5.41, 5.74) is 5.34. The van der Waals surface area contributed by atoms with Crippen LogP contribution in [0.5, 0.6) is 0 Å². The molecular formula is C52H74N2. The number of hydrogen-bond acceptors (Lipinski definition) is 0. The Morgan fingerprint density at radius 1 is 0.278 bits per heavy atom. The Kier molecular flexibility index (Phi) is 16.7. The molecule has 2 heterocycles. The number of nitrogens with one attached hydrogen (secondary N) is 2. The van der Waals surface area contributed by atoms with E-state index in [2.05, 4.69) is 84.5 Å². The number of rotatable bonds is 28. The van der Waals surface area contributed by atoms with E-state index in [-0.39, 0.29) is 0 Å². The molecule has 292 valence electrons. The number of fused-ring (bicyclic) bond motifs is 9. The van der Waals surface area contributed by atoms with Crippen LogP contribution in [0.2, 0.25) is 0 Å². The van der Waals surface area contributed by atoms with Crippen molar-refractivity contribution >= 4 is 54.1 Å². The molecule has 0 radical (unpaired) electrons. The Balaban J connectivity index is 0.972. The summed E-state index contributed by atoms with van der Waals surface area (Å²) in [6.07, 6.45) is 38.9. The number of benzene rings is 4. The first-order valence-corrected chi connectivity index (χ1v) is 23.2. The maximum atomic E-state index is 3.77. The molecule has 0 saturated carbocycles. The summed E-state index contributed by atoms with van der Waals surface area (Å²) in [5.74, 6) is 0. The second kappa shape index (κ2) is 22.3. The van der Waals surface area contributed by atoms with Crippen LogP contribution in [0.15, 0.2) is 60.7 Å². The third kappa shape index (κ3) is 11.4. The van der Waals surface area contributed by atoms with Crippen molar-refractivity contribution in [2.45, 2.75) is 194 Å². The van der Waals surface area contributed by atoms with E-state index in [1.807, 2.05) is 0 Å². The summed E-state index contributed by atoms with van der Waals surface area (Å²) in [5, 5.41) is 10.9. The molecule has 54 heavy (non-hydrogen) atoms. The van der Waals surface area contributed by atoms with Gasteiger partial charge in [0.15, 0.2) is 0 Å². The SMILES string of the molecule is CCCCCCCCCCCCCCCc1cc2c(ccc3c2ccc2c4ccc5[nH]c(CCCCCCCCCCCCCCC)cc5c4ccc32)[nH]1. The predicted molar refractivity (Wildman–Crippen MR) is 241 cm³/mol. The minimum absolute atomic E-state index is 1.15. The molecule has 4 aromatic carbocycles. The average Bonchev–Trinajstić information content (AvgIpc) is 3.82. The Labute approximate surface area is 328 Å². The molecule has 2 N–H and O–H groups in total. The first-order valence-electron chi connectivity index (χ1n) is 23.2. The Hall–Kier alpha value is -3.26. The van der Waals surface area contributed by atoms with Gasteiger partial charge in [0, 0.05) is 33.2 Å². The number of aromatic amines is 2. The summed E-state index contributed by atoms with van der Waals surface area (Å²) in [6, 6.07) is 23.7. The van der Waals surface area contributed by atoms with Gasteiger partial charge in [-0.15, -0.1) is 0 Å². The summed E-state index contributed by atoms with van der Waals surface area (Å²) >= 11 is 0. The van der Waals surface area contributed by atoms with E-state index in [0.717, 1.165) is 12.8 Å². The molecule has 0 atom stereocenters. The lowest BCUT2D eigenvalue weighted by atomic mass is 9.94. The van der Waals surface area contributed by atoms with Gasteiger partial charge in [0.1, 0.15) is 0 Å². The number of aromatic nitrogens is 2. The van der Waals surface area contributed by atoms with Crippen molar-refractivity contribution in [3.05, 3.63) is 72.1 Å². The standard InChI is InChI=1S/C52H74N2/c1-3-5-7-9-11-13-15-17-19-21-23-25-27-29-41-39-49-47-33-31-44-43(45(47)35-37-51(49)53-41)32-34-48-46(44)36-38-52-50(48)40-42(54-52)30-28-26-24-22-20-18-16-14-12-10-8-6-4-2/h31-40,53-54H,3-30H2,1-2H3. The molecule has 0 aliphatic carbocycles. The summed E-state index contributed by atoms with van der Waals surface area (Å²) in [7, 11) is 0. The van der Waals surface area contributed by atoms with Gasteiger partial charge < -0.3 is 9.97 Å². The second-order valence-electron chi connectivity index (χ2n) is 17.0. The van der Waals surface area contributed by atoms with Crippen LogP contribution in [0.25, 0.3) is 54.1 Å². The zero-order valence-corrected chi connectivity index (χ0v) is 34.6. The Morgan fingerprint density at radius 2 is 0.519 bits per heavy atom. The average molecular weight is 727 g/mol. The van der Waals surface area contributed by atoms with Gasteiger partial charge in [-0.1, -0.05) is 204 Å². The normalized spacial score (nSPS) is 12.1. The Morgan fingerprint density at radius 3 is 0.815 bits per heavy atom. The number of unbranched alkanes of at least 4 members (excludes halogenated alkanes) is 24. The van der Waals surface area contributed by atoms with E-state index >= 15 is 0 Å². The first kappa shape index (κ1) is 40.4. The topological polar surface area (TPSA) is 31.6 Å². The van der Waals surface area contributed by atoms with Crippen molar-refractivity contribution in [3.8, 4) is 0 Å². The minimum atomic E-state index is 1.15. The van der Waals surface area contributed by atoms with E-state index in [1.165, 1.54) is 232 Å². The van der Waals surface area contributed by atoms with E-state index < -0.39 is 0 Å². The summed E-state index contributed by atoms with van der Waals surface area (Å²) in [6.45, 7) is 4.61. The third-order valence-electron chi connectivity index (χ3n) is 12.6. The van der Waals surface area contributed by atoms with Crippen molar-refractivity contribution in [2.75, 3.05) is 0 Å². The van der Waals surface area contributed by atoms with Gasteiger partial charge in [-0.2, -0.15) is 0 Å². The molecule has 2 aromatic heterocycles. The largest absolute Gasteiger partial charge is 0.358 e. The lowest BCUT2D eigenvalue weighted by Crippen LogP contribution is -1.86. The molecule has 6 rings (SSSR count). The molecule has 0 spiro atoms. The lowest BCUT2D eigenvalue weighted by molar-refractivity contribution is 0.539. The fourth-order valence-corrected chi connectivity index (χ4v) is 9.32. The quantitative estimate of drug-likeness (QED) is 0.0373. The van der Waals surface area contributed by atoms with E-state index in [0.29, 0.717) is 0 Å². The molecule has 0 aliphatic rings. The fourth-order valence-electron chi connectivity index (χ4n) is 9.32. The van der Waals surface area contributed by atoms with Gasteiger partial charge in [0.05, 0.1) is 0 Å². The molecule has 0 saturated heterocycles. The monoisotopic (exact) mass is 727 g/mol. The summed E-state index contributed by atoms with van der Waals surface area (Å²) in [4.78, 5) is 7.54. The van der Waals surface area contributed by atoms with Crippen molar-refractivity contribution in [3.63, 3.8) is 0 Å². The molecular weight excluding hydrogens is 653 g/mol. The first-order chi connectivity index (χ1) is 26.8. The van der Waals surface area contributed by atoms with Gasteiger partial charge >= 0.3 is 0 Å². The number of aryl methyl sites for hydroxylation is 2. The molecule has 2 nitrogen and oxygen atoms in total. The molecule has 0 unspecified atom stereocenters. The van der Waals surface area contributed by atoms with Crippen LogP contribution in [-0.4, -0.2) is 9.97 Å². The molecule has 0 bridgehead atoms.